The molecule has 1 aliphatic heterocycles. The first-order valence-electron chi connectivity index (χ1n) is 11.8. The van der Waals surface area contributed by atoms with E-state index in [0.717, 1.165) is 23.4 Å². The Kier molecular flexibility index (Phi) is 8.05. The van der Waals surface area contributed by atoms with Gasteiger partial charge in [0.05, 0.1) is 36.2 Å². The maximum atomic E-state index is 14.2. The number of sulfonamides is 2. The summed E-state index contributed by atoms with van der Waals surface area (Å²) in [5, 5.41) is 2.68. The van der Waals surface area contributed by atoms with Gasteiger partial charge in [-0.15, -0.1) is 0 Å². The van der Waals surface area contributed by atoms with Crippen molar-refractivity contribution < 1.29 is 30.8 Å². The van der Waals surface area contributed by atoms with Crippen molar-refractivity contribution in [2.45, 2.75) is 24.3 Å². The van der Waals surface area contributed by atoms with E-state index >= 15 is 0 Å². The minimum atomic E-state index is -3.76. The molecule has 1 aliphatic rings. The predicted molar refractivity (Wildman–Crippen MR) is 143 cm³/mol. The molecule has 0 atom stereocenters. The highest BCUT2D eigenvalue weighted by atomic mass is 32.2. The van der Waals surface area contributed by atoms with E-state index in [9.17, 15) is 26.0 Å². The first kappa shape index (κ1) is 27.6. The Balaban J connectivity index is 1.57. The fourth-order valence-corrected chi connectivity index (χ4v) is 6.60. The fourth-order valence-electron chi connectivity index (χ4n) is 4.18. The van der Waals surface area contributed by atoms with Crippen LogP contribution in [-0.2, 0) is 26.6 Å². The summed E-state index contributed by atoms with van der Waals surface area (Å²) in [6, 6.07) is 15.9. The van der Waals surface area contributed by atoms with Crippen molar-refractivity contribution >= 4 is 37.3 Å². The summed E-state index contributed by atoms with van der Waals surface area (Å²) >= 11 is 0. The van der Waals surface area contributed by atoms with Crippen molar-refractivity contribution in [2.24, 2.45) is 0 Å². The minimum absolute atomic E-state index is 0.0442. The van der Waals surface area contributed by atoms with Crippen LogP contribution >= 0.6 is 0 Å². The maximum absolute atomic E-state index is 14.2. The van der Waals surface area contributed by atoms with E-state index in [1.165, 1.54) is 72.1 Å². The van der Waals surface area contributed by atoms with E-state index in [1.807, 2.05) is 0 Å². The smallest absolute Gasteiger partial charge is 0.255 e. The van der Waals surface area contributed by atoms with Gasteiger partial charge < -0.3 is 10.1 Å². The van der Waals surface area contributed by atoms with E-state index in [0.29, 0.717) is 13.1 Å². The SMILES string of the molecule is COc1ccc(S(=O)(=O)N2CCCC2)cc1NC(=O)c1ccc(N(Cc2ccccc2F)S(C)(=O)=O)cc1. The van der Waals surface area contributed by atoms with E-state index in [2.05, 4.69) is 5.32 Å². The number of carbonyl (C=O) groups excluding carboxylic acids is 1. The summed E-state index contributed by atoms with van der Waals surface area (Å²) < 4.78 is 72.7. The average Bonchev–Trinajstić information content (AvgIpc) is 3.44. The molecule has 1 fully saturated rings. The molecule has 0 spiro atoms. The molecule has 0 radical (unpaired) electrons. The zero-order valence-electron chi connectivity index (χ0n) is 20.9. The monoisotopic (exact) mass is 561 g/mol. The molecule has 1 heterocycles. The van der Waals surface area contributed by atoms with Crippen LogP contribution in [-0.4, -0.2) is 53.5 Å². The number of rotatable bonds is 9. The second kappa shape index (κ2) is 11.1. The molecule has 0 unspecified atom stereocenters. The topological polar surface area (TPSA) is 113 Å². The van der Waals surface area contributed by atoms with Crippen LogP contribution in [0.25, 0.3) is 0 Å². The minimum Gasteiger partial charge on any atom is -0.495 e. The van der Waals surface area contributed by atoms with Crippen LogP contribution in [0, 0.1) is 5.82 Å². The molecule has 4 rings (SSSR count). The molecule has 38 heavy (non-hydrogen) atoms. The molecule has 0 bridgehead atoms. The van der Waals surface area contributed by atoms with Crippen molar-refractivity contribution in [3.63, 3.8) is 0 Å². The number of carbonyl (C=O) groups is 1. The zero-order valence-corrected chi connectivity index (χ0v) is 22.6. The largest absolute Gasteiger partial charge is 0.495 e. The van der Waals surface area contributed by atoms with Gasteiger partial charge in [-0.25, -0.2) is 21.2 Å². The van der Waals surface area contributed by atoms with Gasteiger partial charge in [0.2, 0.25) is 20.0 Å². The number of halogens is 1. The third-order valence-corrected chi connectivity index (χ3v) is 9.25. The number of nitrogens with zero attached hydrogens (tertiary/aromatic N) is 2. The summed E-state index contributed by atoms with van der Waals surface area (Å²) in [7, 11) is -6.06. The van der Waals surface area contributed by atoms with Gasteiger partial charge in [0, 0.05) is 24.2 Å². The lowest BCUT2D eigenvalue weighted by atomic mass is 10.1. The number of benzene rings is 3. The first-order valence-corrected chi connectivity index (χ1v) is 15.1. The summed E-state index contributed by atoms with van der Waals surface area (Å²) in [6.07, 6.45) is 2.61. The number of anilines is 2. The number of nitrogens with one attached hydrogen (secondary N) is 1. The van der Waals surface area contributed by atoms with Crippen LogP contribution in [0.5, 0.6) is 5.75 Å². The van der Waals surface area contributed by atoms with Crippen LogP contribution in [0.15, 0.2) is 71.6 Å². The van der Waals surface area contributed by atoms with Gasteiger partial charge in [0.25, 0.3) is 5.91 Å². The van der Waals surface area contributed by atoms with Gasteiger partial charge >= 0.3 is 0 Å². The second-order valence-electron chi connectivity index (χ2n) is 8.84. The predicted octanol–water partition coefficient (Wildman–Crippen LogP) is 3.84. The van der Waals surface area contributed by atoms with Gasteiger partial charge in [-0.2, -0.15) is 4.31 Å². The first-order chi connectivity index (χ1) is 18.0. The van der Waals surface area contributed by atoms with E-state index in [4.69, 9.17) is 4.74 Å². The van der Waals surface area contributed by atoms with Gasteiger partial charge in [0.1, 0.15) is 11.6 Å². The van der Waals surface area contributed by atoms with Crippen molar-refractivity contribution in [1.82, 2.24) is 4.31 Å². The molecular weight excluding hydrogens is 533 g/mol. The molecular formula is C26H28FN3O6S2. The highest BCUT2D eigenvalue weighted by Crippen LogP contribution is 2.31. The maximum Gasteiger partial charge on any atom is 0.255 e. The molecule has 0 saturated carbocycles. The Morgan fingerprint density at radius 3 is 2.26 bits per heavy atom. The molecule has 9 nitrogen and oxygen atoms in total. The Labute approximate surface area is 221 Å². The van der Waals surface area contributed by atoms with Gasteiger partial charge in [0.15, 0.2) is 0 Å². The summed E-state index contributed by atoms with van der Waals surface area (Å²) in [6.45, 7) is 0.681. The highest BCUT2D eigenvalue weighted by molar-refractivity contribution is 7.92. The van der Waals surface area contributed by atoms with Gasteiger partial charge in [-0.05, 0) is 61.4 Å². The Morgan fingerprint density at radius 1 is 1.00 bits per heavy atom. The van der Waals surface area contributed by atoms with Crippen molar-refractivity contribution in [1.29, 1.82) is 0 Å². The lowest BCUT2D eigenvalue weighted by molar-refractivity contribution is 0.102. The zero-order chi connectivity index (χ0) is 27.5. The van der Waals surface area contributed by atoms with Crippen molar-refractivity contribution in [3.05, 3.63) is 83.7 Å². The average molecular weight is 562 g/mol. The number of hydrogen-bond acceptors (Lipinski definition) is 6. The fraction of sp³-hybridized carbons (Fsp3) is 0.269. The third kappa shape index (κ3) is 5.98. The Morgan fingerprint density at radius 2 is 1.66 bits per heavy atom. The molecule has 202 valence electrons. The molecule has 1 amide bonds. The molecule has 1 N–H and O–H groups in total. The van der Waals surface area contributed by atoms with E-state index in [-0.39, 0.29) is 39.7 Å². The van der Waals surface area contributed by atoms with Crippen LogP contribution in [0.2, 0.25) is 0 Å². The Hall–Kier alpha value is -3.48. The molecule has 12 heteroatoms. The van der Waals surface area contributed by atoms with Crippen LogP contribution < -0.4 is 14.4 Å². The summed E-state index contributed by atoms with van der Waals surface area (Å²) in [4.78, 5) is 13.0. The molecule has 0 aromatic heterocycles. The van der Waals surface area contributed by atoms with Gasteiger partial charge in [-0.3, -0.25) is 9.10 Å². The summed E-state index contributed by atoms with van der Waals surface area (Å²) in [5.41, 5.74) is 0.835. The van der Waals surface area contributed by atoms with Crippen LogP contribution in [0.4, 0.5) is 15.8 Å². The number of methoxy groups -OCH3 is 1. The normalized spacial score (nSPS) is 14.3. The number of amides is 1. The van der Waals surface area contributed by atoms with E-state index < -0.39 is 31.8 Å². The highest BCUT2D eigenvalue weighted by Gasteiger charge is 2.28. The second-order valence-corrected chi connectivity index (χ2v) is 12.7. The van der Waals surface area contributed by atoms with Crippen LogP contribution in [0.3, 0.4) is 0 Å². The Bertz CT molecular complexity index is 1540. The molecule has 3 aromatic rings. The lowest BCUT2D eigenvalue weighted by Gasteiger charge is -2.23. The van der Waals surface area contributed by atoms with Crippen molar-refractivity contribution in [2.75, 3.05) is 36.1 Å². The third-order valence-electron chi connectivity index (χ3n) is 6.21. The molecule has 1 saturated heterocycles. The quantitative estimate of drug-likeness (QED) is 0.425. The van der Waals surface area contributed by atoms with Gasteiger partial charge in [-0.1, -0.05) is 18.2 Å². The van der Waals surface area contributed by atoms with Crippen molar-refractivity contribution in [3.8, 4) is 5.75 Å². The van der Waals surface area contributed by atoms with E-state index in [1.54, 1.807) is 6.07 Å². The number of ether oxygens (including phenoxy) is 1. The number of hydrogen-bond donors (Lipinski definition) is 1. The molecule has 0 aliphatic carbocycles. The molecule has 3 aromatic carbocycles. The standard InChI is InChI=1S/C26H28FN3O6S2/c1-36-25-14-13-22(38(34,35)29-15-5-6-16-29)17-24(25)28-26(31)19-9-11-21(12-10-19)30(37(2,32)33)18-20-7-3-4-8-23(20)27/h3-4,7-14,17H,5-6,15-16,18H2,1-2H3,(H,28,31). The van der Waals surface area contributed by atoms with Crippen LogP contribution in [0.1, 0.15) is 28.8 Å². The lowest BCUT2D eigenvalue weighted by Crippen LogP contribution is -2.29. The summed E-state index contributed by atoms with van der Waals surface area (Å²) in [5.74, 6) is -0.797.